The summed E-state index contributed by atoms with van der Waals surface area (Å²) in [6.45, 7) is 6.18. The summed E-state index contributed by atoms with van der Waals surface area (Å²) in [7, 11) is 3.46. The van der Waals surface area contributed by atoms with Crippen LogP contribution in [0.4, 0.5) is 5.69 Å². The lowest BCUT2D eigenvalue weighted by Crippen LogP contribution is -2.13. The van der Waals surface area contributed by atoms with E-state index in [1.54, 1.807) is 11.8 Å². The minimum absolute atomic E-state index is 0.0351. The number of aryl methyl sites for hydroxylation is 4. The van der Waals surface area contributed by atoms with Crippen LogP contribution < -0.4 is 10.1 Å². The summed E-state index contributed by atoms with van der Waals surface area (Å²) >= 11 is 0. The molecule has 8 nitrogen and oxygen atoms in total. The molecule has 0 aliphatic carbocycles. The first-order chi connectivity index (χ1) is 15.4. The highest BCUT2D eigenvalue weighted by atomic mass is 16.5. The number of imidazole rings is 1. The number of pyridine rings is 1. The largest absolute Gasteiger partial charge is 0.479 e. The second-order valence-electron chi connectivity index (χ2n) is 8.20. The van der Waals surface area contributed by atoms with Gasteiger partial charge in [0.2, 0.25) is 11.8 Å². The first kappa shape index (κ1) is 21.8. The van der Waals surface area contributed by atoms with E-state index in [-0.39, 0.29) is 5.91 Å². The summed E-state index contributed by atoms with van der Waals surface area (Å²) in [6, 6.07) is 5.79. The van der Waals surface area contributed by atoms with Crippen LogP contribution in [-0.2, 0) is 24.7 Å². The predicted octanol–water partition coefficient (Wildman–Crippen LogP) is 4.38. The van der Waals surface area contributed by atoms with Crippen molar-refractivity contribution in [3.63, 3.8) is 0 Å². The molecule has 3 heterocycles. The van der Waals surface area contributed by atoms with Gasteiger partial charge in [0, 0.05) is 31.3 Å². The van der Waals surface area contributed by atoms with Crippen molar-refractivity contribution in [1.29, 1.82) is 0 Å². The van der Waals surface area contributed by atoms with E-state index in [1.165, 1.54) is 0 Å². The molecule has 3 aromatic heterocycles. The number of hydrogen-bond donors (Lipinski definition) is 2. The standard InChI is InChI=1S/C24H30N6O2/c1-6-7-8-20-27-18-11-9-16(13-19(18)28-20)26-21(31)12-10-17-14(2)22-23(25-15(17)3)30(4)29-24(22)32-5/h9,11,13H,6-8,10,12H2,1-5H3,(H,26,31)(H,27,28). The molecule has 0 aliphatic heterocycles. The zero-order valence-electron chi connectivity index (χ0n) is 19.4. The third kappa shape index (κ3) is 4.17. The van der Waals surface area contributed by atoms with Crippen LogP contribution in [0.2, 0.25) is 0 Å². The first-order valence-corrected chi connectivity index (χ1v) is 11.1. The molecule has 8 heteroatoms. The highest BCUT2D eigenvalue weighted by molar-refractivity contribution is 5.93. The van der Waals surface area contributed by atoms with Gasteiger partial charge in [-0.1, -0.05) is 13.3 Å². The third-order valence-corrected chi connectivity index (χ3v) is 5.90. The Morgan fingerprint density at radius 1 is 1.22 bits per heavy atom. The number of hydrogen-bond acceptors (Lipinski definition) is 5. The van der Waals surface area contributed by atoms with Crippen LogP contribution in [0.5, 0.6) is 5.88 Å². The summed E-state index contributed by atoms with van der Waals surface area (Å²) in [5.74, 6) is 1.52. The van der Waals surface area contributed by atoms with Gasteiger partial charge in [-0.25, -0.2) is 14.6 Å². The van der Waals surface area contributed by atoms with E-state index in [9.17, 15) is 4.79 Å². The van der Waals surface area contributed by atoms with Crippen molar-refractivity contribution >= 4 is 33.7 Å². The van der Waals surface area contributed by atoms with Crippen LogP contribution in [0.3, 0.4) is 0 Å². The van der Waals surface area contributed by atoms with Crippen molar-refractivity contribution in [3.05, 3.63) is 40.8 Å². The number of anilines is 1. The lowest BCUT2D eigenvalue weighted by Gasteiger charge is -2.11. The smallest absolute Gasteiger partial charge is 0.242 e. The van der Waals surface area contributed by atoms with Crippen LogP contribution in [0.25, 0.3) is 22.1 Å². The molecule has 2 N–H and O–H groups in total. The molecule has 0 radical (unpaired) electrons. The molecule has 4 rings (SSSR count). The number of H-pyrrole nitrogens is 1. The minimum atomic E-state index is -0.0351. The number of aromatic amines is 1. The summed E-state index contributed by atoms with van der Waals surface area (Å²) in [6.07, 6.45) is 4.13. The van der Waals surface area contributed by atoms with Crippen LogP contribution in [0.15, 0.2) is 18.2 Å². The van der Waals surface area contributed by atoms with Gasteiger partial charge in [0.05, 0.1) is 23.5 Å². The molecular weight excluding hydrogens is 404 g/mol. The monoisotopic (exact) mass is 434 g/mol. The first-order valence-electron chi connectivity index (χ1n) is 11.1. The van der Waals surface area contributed by atoms with E-state index in [0.29, 0.717) is 18.7 Å². The maximum atomic E-state index is 12.7. The van der Waals surface area contributed by atoms with Crippen molar-refractivity contribution in [1.82, 2.24) is 24.7 Å². The Morgan fingerprint density at radius 3 is 2.78 bits per heavy atom. The van der Waals surface area contributed by atoms with Crippen molar-refractivity contribution in [3.8, 4) is 5.88 Å². The topological polar surface area (TPSA) is 97.7 Å². The molecule has 1 aromatic carbocycles. The summed E-state index contributed by atoms with van der Waals surface area (Å²) in [5.41, 5.74) is 6.45. The summed E-state index contributed by atoms with van der Waals surface area (Å²) in [5, 5.41) is 8.30. The molecule has 1 amide bonds. The van der Waals surface area contributed by atoms with Gasteiger partial charge < -0.3 is 15.0 Å². The molecule has 0 fully saturated rings. The van der Waals surface area contributed by atoms with Crippen LogP contribution in [0.1, 0.15) is 48.8 Å². The Hall–Kier alpha value is -3.42. The lowest BCUT2D eigenvalue weighted by molar-refractivity contribution is -0.116. The second kappa shape index (κ2) is 8.98. The van der Waals surface area contributed by atoms with E-state index in [0.717, 1.165) is 69.7 Å². The molecule has 0 aliphatic rings. The van der Waals surface area contributed by atoms with Crippen LogP contribution in [0, 0.1) is 13.8 Å². The maximum Gasteiger partial charge on any atom is 0.242 e. The molecular formula is C24H30N6O2. The average molecular weight is 435 g/mol. The van der Waals surface area contributed by atoms with Gasteiger partial charge in [-0.15, -0.1) is 5.10 Å². The summed E-state index contributed by atoms with van der Waals surface area (Å²) < 4.78 is 7.15. The highest BCUT2D eigenvalue weighted by Gasteiger charge is 2.18. The van der Waals surface area contributed by atoms with Gasteiger partial charge in [-0.2, -0.15) is 0 Å². The number of amides is 1. The number of carbonyl (C=O) groups excluding carboxylic acids is 1. The number of nitrogens with zero attached hydrogens (tertiary/aromatic N) is 4. The Labute approximate surface area is 187 Å². The second-order valence-corrected chi connectivity index (χ2v) is 8.20. The predicted molar refractivity (Wildman–Crippen MR) is 126 cm³/mol. The third-order valence-electron chi connectivity index (χ3n) is 5.90. The SMILES string of the molecule is CCCCc1nc2ccc(NC(=O)CCc3c(C)nc4c(c(OC)nn4C)c3C)cc2[nH]1. The minimum Gasteiger partial charge on any atom is -0.479 e. The lowest BCUT2D eigenvalue weighted by atomic mass is 10.00. The van der Waals surface area contributed by atoms with Gasteiger partial charge in [0.25, 0.3) is 0 Å². The number of carbonyl (C=O) groups is 1. The number of ether oxygens (including phenoxy) is 1. The number of fused-ring (bicyclic) bond motifs is 2. The van der Waals surface area contributed by atoms with Gasteiger partial charge in [0.15, 0.2) is 5.65 Å². The molecule has 0 saturated carbocycles. The van der Waals surface area contributed by atoms with E-state index in [1.807, 2.05) is 39.1 Å². The van der Waals surface area contributed by atoms with Crippen molar-refractivity contribution < 1.29 is 9.53 Å². The Bertz CT molecular complexity index is 1290. The molecule has 0 atom stereocenters. The molecule has 0 unspecified atom stereocenters. The highest BCUT2D eigenvalue weighted by Crippen LogP contribution is 2.30. The molecule has 0 bridgehead atoms. The van der Waals surface area contributed by atoms with Gasteiger partial charge in [0.1, 0.15) is 5.82 Å². The number of nitrogens with one attached hydrogen (secondary N) is 2. The Morgan fingerprint density at radius 2 is 2.03 bits per heavy atom. The Kier molecular flexibility index (Phi) is 6.12. The van der Waals surface area contributed by atoms with Crippen molar-refractivity contribution in [2.75, 3.05) is 12.4 Å². The van der Waals surface area contributed by atoms with Crippen LogP contribution in [-0.4, -0.2) is 37.7 Å². The van der Waals surface area contributed by atoms with E-state index >= 15 is 0 Å². The average Bonchev–Trinajstić information content (AvgIpc) is 3.32. The molecule has 0 saturated heterocycles. The fourth-order valence-electron chi connectivity index (χ4n) is 4.17. The Balaban J connectivity index is 1.47. The number of unbranched alkanes of at least 4 members (excludes halogenated alkanes) is 1. The fraction of sp³-hybridized carbons (Fsp3) is 0.417. The normalized spacial score (nSPS) is 11.4. The quantitative estimate of drug-likeness (QED) is 0.429. The van der Waals surface area contributed by atoms with E-state index in [2.05, 4.69) is 27.3 Å². The number of methoxy groups -OCH3 is 1. The van der Waals surface area contributed by atoms with E-state index < -0.39 is 0 Å². The molecule has 168 valence electrons. The van der Waals surface area contributed by atoms with Gasteiger partial charge in [-0.05, 0) is 56.0 Å². The fourth-order valence-corrected chi connectivity index (χ4v) is 4.17. The zero-order valence-corrected chi connectivity index (χ0v) is 19.4. The molecule has 4 aromatic rings. The zero-order chi connectivity index (χ0) is 22.8. The molecule has 32 heavy (non-hydrogen) atoms. The number of benzene rings is 1. The van der Waals surface area contributed by atoms with Crippen molar-refractivity contribution in [2.24, 2.45) is 7.05 Å². The maximum absolute atomic E-state index is 12.7. The molecule has 0 spiro atoms. The van der Waals surface area contributed by atoms with E-state index in [4.69, 9.17) is 9.72 Å². The number of rotatable bonds is 8. The summed E-state index contributed by atoms with van der Waals surface area (Å²) in [4.78, 5) is 25.4. The number of aromatic nitrogens is 5. The van der Waals surface area contributed by atoms with Crippen molar-refractivity contribution in [2.45, 2.75) is 52.9 Å². The van der Waals surface area contributed by atoms with Gasteiger partial charge >= 0.3 is 0 Å². The van der Waals surface area contributed by atoms with Gasteiger partial charge in [-0.3, -0.25) is 4.79 Å². The van der Waals surface area contributed by atoms with Crippen LogP contribution >= 0.6 is 0 Å².